The molecular formula is H9B6Er2N3O9. The molecule has 0 saturated heterocycles. The summed E-state index contributed by atoms with van der Waals surface area (Å²) in [5.41, 5.74) is 13.3. The molecule has 0 amide bonds. The smallest absolute Gasteiger partial charge is 0.861 e. The van der Waals surface area contributed by atoms with E-state index in [2.05, 4.69) is 30.6 Å². The summed E-state index contributed by atoms with van der Waals surface area (Å²) in [6.07, 6.45) is 0. The molecule has 20 heteroatoms. The van der Waals surface area contributed by atoms with Crippen LogP contribution in [0.1, 0.15) is 0 Å². The first-order valence-corrected chi connectivity index (χ1v) is 4.15. The Bertz CT molecular complexity index is 123. The Labute approximate surface area is 178 Å². The summed E-state index contributed by atoms with van der Waals surface area (Å²) >= 11 is 0. The summed E-state index contributed by atoms with van der Waals surface area (Å²) in [6.45, 7) is 0. The maximum Gasteiger partial charge on any atom is 3.00 e. The van der Waals surface area contributed by atoms with E-state index >= 15 is 0 Å². The average molecular weight is 594 g/mol. The van der Waals surface area contributed by atoms with Crippen LogP contribution in [0.2, 0.25) is 0 Å². The van der Waals surface area contributed by atoms with Crippen LogP contribution in [-0.2, 0) is 13.7 Å². The summed E-state index contributed by atoms with van der Waals surface area (Å²) < 4.78 is 11.1. The van der Waals surface area contributed by atoms with Crippen LogP contribution in [0, 0.1) is 74.6 Å². The molecule has 20 heavy (non-hydrogen) atoms. The Hall–Kier alpha value is 2.40. The van der Waals surface area contributed by atoms with E-state index < -0.39 is 44.8 Å². The van der Waals surface area contributed by atoms with E-state index in [4.69, 9.17) is 0 Å². The van der Waals surface area contributed by atoms with Gasteiger partial charge in [0.05, 0.1) is 0 Å². The van der Waals surface area contributed by atoms with E-state index in [0.29, 0.717) is 0 Å². The largest absolute Gasteiger partial charge is 3.00 e. The zero-order valence-electron chi connectivity index (χ0n) is 9.84. The van der Waals surface area contributed by atoms with Crippen molar-refractivity contribution in [3.8, 4) is 0 Å². The average Bonchev–Trinajstić information content (AvgIpc) is 2.18. The first kappa shape index (κ1) is 33.9. The number of nitrogens with two attached hydrogens (primary N) is 3. The van der Waals surface area contributed by atoms with Gasteiger partial charge >= 0.3 is 74.6 Å². The van der Waals surface area contributed by atoms with Crippen LogP contribution in [-0.4, -0.2) is 44.8 Å². The van der Waals surface area contributed by atoms with Crippen molar-refractivity contribution in [3.63, 3.8) is 0 Å². The second-order valence-corrected chi connectivity index (χ2v) is 1.96. The van der Waals surface area contributed by atoms with E-state index in [0.717, 1.165) is 0 Å². The predicted octanol–water partition coefficient (Wildman–Crippen LogP) is -12.2. The van der Waals surface area contributed by atoms with Crippen LogP contribution >= 0.6 is 0 Å². The van der Waals surface area contributed by atoms with Crippen molar-refractivity contribution in [1.82, 2.24) is 0 Å². The van der Waals surface area contributed by atoms with E-state index in [1.54, 1.807) is 0 Å². The third-order valence-electron chi connectivity index (χ3n) is 0.697. The van der Waals surface area contributed by atoms with Gasteiger partial charge in [-0.2, -0.15) is 0 Å². The Morgan fingerprint density at radius 2 is 0.750 bits per heavy atom. The van der Waals surface area contributed by atoms with Gasteiger partial charge in [-0.3, -0.25) is 0 Å². The molecule has 6 N–H and O–H groups in total. The second-order valence-electron chi connectivity index (χ2n) is 1.96. The maximum atomic E-state index is 9.48. The summed E-state index contributed by atoms with van der Waals surface area (Å²) in [5.74, 6) is 0. The maximum absolute atomic E-state index is 9.48. The Balaban J connectivity index is -0.0000000536. The molecule has 0 aromatic heterocycles. The third-order valence-corrected chi connectivity index (χ3v) is 0.697. The van der Waals surface area contributed by atoms with Gasteiger partial charge in [-0.15, -0.1) is 0 Å². The van der Waals surface area contributed by atoms with Crippen molar-refractivity contribution in [2.75, 3.05) is 0 Å². The predicted molar refractivity (Wildman–Crippen MR) is 54.5 cm³/mol. The summed E-state index contributed by atoms with van der Waals surface area (Å²) in [6, 6.07) is 0. The molecule has 12 nitrogen and oxygen atoms in total. The molecule has 0 aliphatic carbocycles. The molecule has 0 rings (SSSR count). The molecule has 0 atom stereocenters. The molecule has 0 spiro atoms. The molecule has 0 saturated carbocycles. The molecule has 120 valence electrons. The zero-order chi connectivity index (χ0) is 15.0. The Kier molecular flexibility index (Phi) is 49.8. The Morgan fingerprint density at radius 1 is 0.600 bits per heavy atom. The van der Waals surface area contributed by atoms with Gasteiger partial charge in [0.25, 0.3) is 0 Å². The first-order valence-electron chi connectivity index (χ1n) is 4.15. The van der Waals surface area contributed by atoms with Crippen molar-refractivity contribution in [2.24, 2.45) is 16.9 Å². The van der Waals surface area contributed by atoms with E-state index in [9.17, 15) is 30.1 Å². The zero-order valence-corrected chi connectivity index (χ0v) is 13.5. The quantitative estimate of drug-likeness (QED) is 0.243. The first-order chi connectivity index (χ1) is 8.31. The van der Waals surface area contributed by atoms with Crippen LogP contribution in [0.15, 0.2) is 0 Å². The molecule has 0 aromatic rings. The molecule has 0 bridgehead atoms. The number of hydrogen-bond donors (Lipinski definition) is 3. The fourth-order valence-corrected chi connectivity index (χ4v) is 0.201. The second kappa shape index (κ2) is 29.4. The molecule has 0 aliphatic rings. The van der Waals surface area contributed by atoms with Crippen LogP contribution in [0.3, 0.4) is 0 Å². The van der Waals surface area contributed by atoms with Gasteiger partial charge in [-0.25, -0.2) is 0 Å². The topological polar surface area (TPSA) is 244 Å². The summed E-state index contributed by atoms with van der Waals surface area (Å²) in [4.78, 5) is 0. The fourth-order valence-electron chi connectivity index (χ4n) is 0.201. The van der Waals surface area contributed by atoms with Gasteiger partial charge in [-0.05, 0) is 0 Å². The van der Waals surface area contributed by atoms with Crippen LogP contribution in [0.4, 0.5) is 0 Å². The van der Waals surface area contributed by atoms with Crippen molar-refractivity contribution in [2.45, 2.75) is 0 Å². The minimum atomic E-state index is -1.66. The van der Waals surface area contributed by atoms with Gasteiger partial charge in [0, 0.05) is 0 Å². The SMILES string of the molecule is NB([O-])OB[O-].NB([O-])OB[O-].NB([O-])OB[O-].[Er+3].[Er+3]. The molecule has 0 heterocycles. The summed E-state index contributed by atoms with van der Waals surface area (Å²) in [5, 5.41) is 56.2. The molecule has 0 fully saturated rings. The minimum Gasteiger partial charge on any atom is -0.861 e. The summed E-state index contributed by atoms with van der Waals surface area (Å²) in [7, 11) is -7.56. The Morgan fingerprint density at radius 3 is 0.750 bits per heavy atom. The van der Waals surface area contributed by atoms with Crippen molar-refractivity contribution >= 4 is 44.8 Å². The molecule has 2 radical (unpaired) electrons. The molecular weight excluding hydrogens is 585 g/mol. The fraction of sp³-hybridized carbons (Fsp3) is 0. The van der Waals surface area contributed by atoms with Gasteiger partial charge in [0.15, 0.2) is 0 Å². The molecule has 0 aromatic carbocycles. The van der Waals surface area contributed by atoms with Crippen molar-refractivity contribution < 1.29 is 118 Å². The molecule has 0 aliphatic heterocycles. The van der Waals surface area contributed by atoms with Crippen molar-refractivity contribution in [3.05, 3.63) is 0 Å². The normalized spacial score (nSPS) is 7.05. The van der Waals surface area contributed by atoms with Gasteiger partial charge in [-0.1, -0.05) is 0 Å². The monoisotopic (exact) mass is 593 g/mol. The number of hydrogen-bond acceptors (Lipinski definition) is 12. The van der Waals surface area contributed by atoms with Gasteiger partial charge in [0.2, 0.25) is 21.8 Å². The van der Waals surface area contributed by atoms with Crippen LogP contribution in [0.5, 0.6) is 0 Å². The van der Waals surface area contributed by atoms with E-state index in [1.165, 1.54) is 0 Å². The standard InChI is InChI=1S/3B2H3NO3.2Er/c3*3-2(5)6-1-4;;/h3*1H,3H2;;/q3*-2;2*+3. The minimum absolute atomic E-state index is 0. The van der Waals surface area contributed by atoms with Gasteiger partial charge in [0.1, 0.15) is 23.1 Å². The van der Waals surface area contributed by atoms with E-state index in [-0.39, 0.29) is 74.6 Å². The van der Waals surface area contributed by atoms with Crippen molar-refractivity contribution in [1.29, 1.82) is 0 Å². The number of rotatable bonds is 6. The third kappa shape index (κ3) is 59.1. The van der Waals surface area contributed by atoms with Crippen LogP contribution < -0.4 is 47.1 Å². The molecule has 0 unspecified atom stereocenters. The van der Waals surface area contributed by atoms with Gasteiger partial charge < -0.3 is 60.8 Å². The van der Waals surface area contributed by atoms with Crippen LogP contribution in [0.25, 0.3) is 0 Å². The van der Waals surface area contributed by atoms with E-state index in [1.807, 2.05) is 0 Å².